The van der Waals surface area contributed by atoms with Crippen LogP contribution in [0.25, 0.3) is 0 Å². The van der Waals surface area contributed by atoms with E-state index in [0.29, 0.717) is 21.6 Å². The second-order valence-corrected chi connectivity index (χ2v) is 4.87. The fraction of sp³-hybridized carbons (Fsp3) is 0.273. The summed E-state index contributed by atoms with van der Waals surface area (Å²) in [7, 11) is 0. The fourth-order valence-electron chi connectivity index (χ4n) is 1.50. The van der Waals surface area contributed by atoms with Gasteiger partial charge in [0, 0.05) is 30.1 Å². The number of hydrogen-bond donors (Lipinski definition) is 2. The lowest BCUT2D eigenvalue weighted by molar-refractivity contribution is 0.672. The highest BCUT2D eigenvalue weighted by atomic mass is 35.5. The molecule has 0 saturated carbocycles. The molecule has 0 aliphatic rings. The van der Waals surface area contributed by atoms with Crippen LogP contribution in [0.1, 0.15) is 11.4 Å². The number of aromatic amines is 1. The summed E-state index contributed by atoms with van der Waals surface area (Å²) >= 11 is 18.1. The van der Waals surface area contributed by atoms with Gasteiger partial charge in [0.15, 0.2) is 0 Å². The molecule has 0 amide bonds. The smallest absolute Gasteiger partial charge is 0.137 e. The first-order valence-corrected chi connectivity index (χ1v) is 6.49. The van der Waals surface area contributed by atoms with Crippen LogP contribution in [0.5, 0.6) is 0 Å². The van der Waals surface area contributed by atoms with Gasteiger partial charge in [0.1, 0.15) is 12.2 Å². The Morgan fingerprint density at radius 2 is 1.94 bits per heavy atom. The molecule has 0 atom stereocenters. The van der Waals surface area contributed by atoms with E-state index in [1.807, 2.05) is 0 Å². The summed E-state index contributed by atoms with van der Waals surface area (Å²) in [6.45, 7) is 1.31. The van der Waals surface area contributed by atoms with Gasteiger partial charge in [-0.05, 0) is 12.1 Å². The Labute approximate surface area is 120 Å². The van der Waals surface area contributed by atoms with Gasteiger partial charge < -0.3 is 5.32 Å². The molecule has 7 heteroatoms. The van der Waals surface area contributed by atoms with Gasteiger partial charge in [-0.2, -0.15) is 5.10 Å². The molecule has 96 valence electrons. The largest absolute Gasteiger partial charge is 0.312 e. The van der Waals surface area contributed by atoms with Gasteiger partial charge in [-0.1, -0.05) is 34.8 Å². The molecule has 0 aliphatic carbocycles. The van der Waals surface area contributed by atoms with Crippen LogP contribution in [0.3, 0.4) is 0 Å². The van der Waals surface area contributed by atoms with E-state index in [4.69, 9.17) is 34.8 Å². The Bertz CT molecular complexity index is 513. The van der Waals surface area contributed by atoms with Crippen molar-refractivity contribution in [2.24, 2.45) is 0 Å². The minimum Gasteiger partial charge on any atom is -0.312 e. The van der Waals surface area contributed by atoms with Crippen LogP contribution in [-0.4, -0.2) is 21.7 Å². The highest BCUT2D eigenvalue weighted by Crippen LogP contribution is 2.31. The third kappa shape index (κ3) is 3.36. The van der Waals surface area contributed by atoms with E-state index >= 15 is 0 Å². The average molecular weight is 306 g/mol. The summed E-state index contributed by atoms with van der Waals surface area (Å²) in [5.41, 5.74) is 0.809. The number of nitrogens with one attached hydrogen (secondary N) is 2. The SMILES string of the molecule is Clc1ccc(Cl)c(CNCCc2ncn[nH]2)c1Cl. The number of benzene rings is 1. The molecule has 18 heavy (non-hydrogen) atoms. The third-order valence-corrected chi connectivity index (χ3v) is 3.64. The number of H-pyrrole nitrogens is 1. The van der Waals surface area contributed by atoms with Gasteiger partial charge in [0.2, 0.25) is 0 Å². The zero-order valence-corrected chi connectivity index (χ0v) is 11.6. The first kappa shape index (κ1) is 13.6. The molecule has 0 aliphatic heterocycles. The zero-order chi connectivity index (χ0) is 13.0. The van der Waals surface area contributed by atoms with Crippen molar-refractivity contribution in [3.63, 3.8) is 0 Å². The van der Waals surface area contributed by atoms with Gasteiger partial charge >= 0.3 is 0 Å². The quantitative estimate of drug-likeness (QED) is 0.659. The van der Waals surface area contributed by atoms with Crippen LogP contribution in [0.2, 0.25) is 15.1 Å². The molecule has 4 nitrogen and oxygen atoms in total. The topological polar surface area (TPSA) is 53.6 Å². The maximum absolute atomic E-state index is 6.09. The maximum atomic E-state index is 6.09. The second kappa shape index (κ2) is 6.38. The standard InChI is InChI=1S/C11H11Cl3N4/c12-8-1-2-9(13)11(14)7(8)5-15-4-3-10-16-6-17-18-10/h1-2,6,15H,3-5H2,(H,16,17,18). The number of hydrogen-bond acceptors (Lipinski definition) is 3. The lowest BCUT2D eigenvalue weighted by atomic mass is 10.2. The van der Waals surface area contributed by atoms with Crippen molar-refractivity contribution in [1.82, 2.24) is 20.5 Å². The molecule has 2 rings (SSSR count). The highest BCUT2D eigenvalue weighted by Gasteiger charge is 2.09. The van der Waals surface area contributed by atoms with Gasteiger partial charge in [-0.15, -0.1) is 0 Å². The molecule has 1 aromatic heterocycles. The van der Waals surface area contributed by atoms with E-state index in [1.54, 1.807) is 12.1 Å². The maximum Gasteiger partial charge on any atom is 0.137 e. The molecule has 2 aromatic rings. The molecule has 0 fully saturated rings. The third-order valence-electron chi connectivity index (χ3n) is 2.44. The van der Waals surface area contributed by atoms with Gasteiger partial charge in [-0.3, -0.25) is 5.10 Å². The van der Waals surface area contributed by atoms with Crippen LogP contribution in [0, 0.1) is 0 Å². The summed E-state index contributed by atoms with van der Waals surface area (Å²) in [4.78, 5) is 4.03. The van der Waals surface area contributed by atoms with E-state index < -0.39 is 0 Å². The predicted octanol–water partition coefficient (Wildman–Crippen LogP) is 3.10. The first-order valence-electron chi connectivity index (χ1n) is 5.36. The lowest BCUT2D eigenvalue weighted by Gasteiger charge is -2.09. The summed E-state index contributed by atoms with van der Waals surface area (Å²) in [5, 5.41) is 11.4. The van der Waals surface area contributed by atoms with Crippen molar-refractivity contribution in [1.29, 1.82) is 0 Å². The summed E-state index contributed by atoms with van der Waals surface area (Å²) in [5.74, 6) is 0.839. The molecule has 0 bridgehead atoms. The summed E-state index contributed by atoms with van der Waals surface area (Å²) in [6.07, 6.45) is 2.25. The molecule has 1 aromatic carbocycles. The fourth-order valence-corrected chi connectivity index (χ4v) is 2.18. The molecular weight excluding hydrogens is 295 g/mol. The Morgan fingerprint density at radius 1 is 1.17 bits per heavy atom. The van der Waals surface area contributed by atoms with Crippen LogP contribution in [0.15, 0.2) is 18.5 Å². The van der Waals surface area contributed by atoms with Crippen molar-refractivity contribution in [2.45, 2.75) is 13.0 Å². The Hall–Kier alpha value is -0.810. The Kier molecular flexibility index (Phi) is 4.83. The Balaban J connectivity index is 1.88. The van der Waals surface area contributed by atoms with E-state index in [1.165, 1.54) is 6.33 Å². The van der Waals surface area contributed by atoms with Crippen molar-refractivity contribution in [3.8, 4) is 0 Å². The van der Waals surface area contributed by atoms with Crippen molar-refractivity contribution < 1.29 is 0 Å². The Morgan fingerprint density at radius 3 is 2.67 bits per heavy atom. The van der Waals surface area contributed by atoms with Crippen molar-refractivity contribution in [3.05, 3.63) is 44.9 Å². The number of aromatic nitrogens is 3. The summed E-state index contributed by atoms with van der Waals surface area (Å²) < 4.78 is 0. The number of nitrogens with zero attached hydrogens (tertiary/aromatic N) is 2. The van der Waals surface area contributed by atoms with Gasteiger partial charge in [0.05, 0.1) is 10.0 Å². The minimum absolute atomic E-state index is 0.497. The monoisotopic (exact) mass is 304 g/mol. The lowest BCUT2D eigenvalue weighted by Crippen LogP contribution is -2.17. The zero-order valence-electron chi connectivity index (χ0n) is 9.38. The van der Waals surface area contributed by atoms with E-state index in [2.05, 4.69) is 20.5 Å². The van der Waals surface area contributed by atoms with E-state index in [9.17, 15) is 0 Å². The number of rotatable bonds is 5. The highest BCUT2D eigenvalue weighted by molar-refractivity contribution is 6.44. The van der Waals surface area contributed by atoms with E-state index in [-0.39, 0.29) is 0 Å². The van der Waals surface area contributed by atoms with Crippen LogP contribution in [-0.2, 0) is 13.0 Å². The van der Waals surface area contributed by atoms with Crippen LogP contribution in [0.4, 0.5) is 0 Å². The average Bonchev–Trinajstić information content (AvgIpc) is 2.86. The predicted molar refractivity (Wildman–Crippen MR) is 73.3 cm³/mol. The second-order valence-electron chi connectivity index (χ2n) is 3.68. The first-order chi connectivity index (χ1) is 8.68. The molecule has 2 N–H and O–H groups in total. The van der Waals surface area contributed by atoms with E-state index in [0.717, 1.165) is 24.4 Å². The molecule has 1 heterocycles. The molecule has 0 saturated heterocycles. The normalized spacial score (nSPS) is 10.8. The van der Waals surface area contributed by atoms with Crippen LogP contribution >= 0.6 is 34.8 Å². The minimum atomic E-state index is 0.497. The molecule has 0 radical (unpaired) electrons. The molecular formula is C11H11Cl3N4. The molecule has 0 unspecified atom stereocenters. The van der Waals surface area contributed by atoms with Crippen LogP contribution < -0.4 is 5.32 Å². The molecule has 0 spiro atoms. The van der Waals surface area contributed by atoms with Gasteiger partial charge in [0.25, 0.3) is 0 Å². The summed E-state index contributed by atoms with van der Waals surface area (Å²) in [6, 6.07) is 3.42. The van der Waals surface area contributed by atoms with Gasteiger partial charge in [-0.25, -0.2) is 4.98 Å². The van der Waals surface area contributed by atoms with Crippen molar-refractivity contribution in [2.75, 3.05) is 6.54 Å². The number of halogens is 3. The van der Waals surface area contributed by atoms with Crippen molar-refractivity contribution >= 4 is 34.8 Å².